The van der Waals surface area contributed by atoms with Crippen molar-refractivity contribution in [2.24, 2.45) is 0 Å². The van der Waals surface area contributed by atoms with E-state index in [1.54, 1.807) is 6.26 Å². The summed E-state index contributed by atoms with van der Waals surface area (Å²) in [5.74, 6) is 0.835. The first-order valence-corrected chi connectivity index (χ1v) is 6.67. The zero-order chi connectivity index (χ0) is 13.6. The molecule has 0 saturated carbocycles. The van der Waals surface area contributed by atoms with E-state index < -0.39 is 0 Å². The Bertz CT molecular complexity index is 576. The van der Waals surface area contributed by atoms with Crippen LogP contribution in [0.25, 0.3) is 0 Å². The Labute approximate surface area is 118 Å². The first-order chi connectivity index (χ1) is 9.93. The quantitative estimate of drug-likeness (QED) is 0.672. The smallest absolute Gasteiger partial charge is 0.129 e. The molecule has 0 spiro atoms. The van der Waals surface area contributed by atoms with Crippen molar-refractivity contribution in [3.63, 3.8) is 0 Å². The van der Waals surface area contributed by atoms with Gasteiger partial charge in [0, 0.05) is 0 Å². The molecule has 0 fully saturated rings. The van der Waals surface area contributed by atoms with Crippen molar-refractivity contribution in [3.05, 3.63) is 95.9 Å². The molecule has 2 heteroatoms. The van der Waals surface area contributed by atoms with Gasteiger partial charge < -0.3 is 9.15 Å². The lowest BCUT2D eigenvalue weighted by atomic mass is 10.0. The van der Waals surface area contributed by atoms with Crippen LogP contribution in [0.2, 0.25) is 0 Å². The average Bonchev–Trinajstić information content (AvgIpc) is 3.03. The van der Waals surface area contributed by atoms with Gasteiger partial charge in [-0.1, -0.05) is 60.7 Å². The second-order valence-electron chi connectivity index (χ2n) is 4.59. The molecular weight excluding hydrogens is 248 g/mol. The average molecular weight is 264 g/mol. The number of ether oxygens (including phenoxy) is 1. The highest BCUT2D eigenvalue weighted by Crippen LogP contribution is 2.26. The summed E-state index contributed by atoms with van der Waals surface area (Å²) in [6.07, 6.45) is 1.58. The minimum Gasteiger partial charge on any atom is -0.467 e. The Balaban J connectivity index is 1.84. The molecule has 0 aliphatic rings. The summed E-state index contributed by atoms with van der Waals surface area (Å²) in [4.78, 5) is 0. The number of hydrogen-bond acceptors (Lipinski definition) is 2. The zero-order valence-electron chi connectivity index (χ0n) is 11.1. The maximum Gasteiger partial charge on any atom is 0.129 e. The molecule has 0 N–H and O–H groups in total. The van der Waals surface area contributed by atoms with Gasteiger partial charge in [-0.3, -0.25) is 0 Å². The van der Waals surface area contributed by atoms with Crippen LogP contribution in [-0.4, -0.2) is 0 Å². The topological polar surface area (TPSA) is 22.4 Å². The van der Waals surface area contributed by atoms with Crippen molar-refractivity contribution >= 4 is 0 Å². The van der Waals surface area contributed by atoms with Crippen LogP contribution < -0.4 is 0 Å². The molecule has 0 aliphatic heterocycles. The minimum atomic E-state index is -0.0810. The molecule has 100 valence electrons. The van der Waals surface area contributed by atoms with E-state index >= 15 is 0 Å². The van der Waals surface area contributed by atoms with Gasteiger partial charge in [-0.15, -0.1) is 0 Å². The van der Waals surface area contributed by atoms with Gasteiger partial charge in [0.1, 0.15) is 18.5 Å². The maximum absolute atomic E-state index is 6.06. The van der Waals surface area contributed by atoms with Gasteiger partial charge in [-0.25, -0.2) is 0 Å². The van der Waals surface area contributed by atoms with Crippen molar-refractivity contribution in [1.29, 1.82) is 0 Å². The van der Waals surface area contributed by atoms with Crippen molar-refractivity contribution in [3.8, 4) is 0 Å². The lowest BCUT2D eigenvalue weighted by Gasteiger charge is -2.18. The van der Waals surface area contributed by atoms with Crippen LogP contribution in [0.5, 0.6) is 0 Å². The lowest BCUT2D eigenvalue weighted by molar-refractivity contribution is 0.0554. The molecule has 2 nitrogen and oxygen atoms in total. The van der Waals surface area contributed by atoms with Crippen LogP contribution in [0.3, 0.4) is 0 Å². The molecule has 1 heterocycles. The molecule has 20 heavy (non-hydrogen) atoms. The third-order valence-corrected chi connectivity index (χ3v) is 3.18. The molecule has 0 bridgehead atoms. The Morgan fingerprint density at radius 2 is 1.35 bits per heavy atom. The predicted octanol–water partition coefficient (Wildman–Crippen LogP) is 4.59. The summed E-state index contributed by atoms with van der Waals surface area (Å²) in [6, 6.07) is 24.3. The van der Waals surface area contributed by atoms with E-state index in [1.165, 1.54) is 0 Å². The van der Waals surface area contributed by atoms with Crippen LogP contribution in [0, 0.1) is 0 Å². The van der Waals surface area contributed by atoms with E-state index in [2.05, 4.69) is 24.3 Å². The monoisotopic (exact) mass is 264 g/mol. The highest BCUT2D eigenvalue weighted by molar-refractivity contribution is 5.29. The fourth-order valence-electron chi connectivity index (χ4n) is 2.20. The standard InChI is InChI=1S/C18H16O2/c1-3-8-15(9-4-1)18(16-10-5-2-6-11-16)20-14-17-12-7-13-19-17/h1-13,18H,14H2. The maximum atomic E-state index is 6.06. The molecular formula is C18H16O2. The van der Waals surface area contributed by atoms with Gasteiger partial charge in [0.15, 0.2) is 0 Å². The summed E-state index contributed by atoms with van der Waals surface area (Å²) in [5.41, 5.74) is 2.29. The Morgan fingerprint density at radius 3 is 1.85 bits per heavy atom. The fourth-order valence-corrected chi connectivity index (χ4v) is 2.20. The number of furan rings is 1. The molecule has 3 rings (SSSR count). The van der Waals surface area contributed by atoms with Gasteiger partial charge in [0.05, 0.1) is 6.26 Å². The Morgan fingerprint density at radius 1 is 0.750 bits per heavy atom. The summed E-state index contributed by atoms with van der Waals surface area (Å²) < 4.78 is 11.4. The molecule has 0 atom stereocenters. The Hall–Kier alpha value is -2.32. The summed E-state index contributed by atoms with van der Waals surface area (Å²) >= 11 is 0. The van der Waals surface area contributed by atoms with Crippen LogP contribution in [-0.2, 0) is 11.3 Å². The fraction of sp³-hybridized carbons (Fsp3) is 0.111. The van der Waals surface area contributed by atoms with Gasteiger partial charge in [0.2, 0.25) is 0 Å². The molecule has 0 amide bonds. The van der Waals surface area contributed by atoms with Crippen LogP contribution >= 0.6 is 0 Å². The van der Waals surface area contributed by atoms with E-state index in [0.29, 0.717) is 6.61 Å². The summed E-state index contributed by atoms with van der Waals surface area (Å²) in [7, 11) is 0. The predicted molar refractivity (Wildman–Crippen MR) is 78.2 cm³/mol. The summed E-state index contributed by atoms with van der Waals surface area (Å²) in [6.45, 7) is 0.460. The second kappa shape index (κ2) is 6.22. The first-order valence-electron chi connectivity index (χ1n) is 6.67. The largest absolute Gasteiger partial charge is 0.467 e. The van der Waals surface area contributed by atoms with E-state index in [0.717, 1.165) is 16.9 Å². The van der Waals surface area contributed by atoms with Crippen molar-refractivity contribution in [1.82, 2.24) is 0 Å². The molecule has 0 saturated heterocycles. The summed E-state index contributed by atoms with van der Waals surface area (Å²) in [5, 5.41) is 0. The highest BCUT2D eigenvalue weighted by Gasteiger charge is 2.14. The number of benzene rings is 2. The number of hydrogen-bond donors (Lipinski definition) is 0. The lowest BCUT2D eigenvalue weighted by Crippen LogP contribution is -2.06. The van der Waals surface area contributed by atoms with E-state index in [-0.39, 0.29) is 6.10 Å². The van der Waals surface area contributed by atoms with Crippen LogP contribution in [0.4, 0.5) is 0 Å². The van der Waals surface area contributed by atoms with Gasteiger partial charge >= 0.3 is 0 Å². The molecule has 1 aromatic heterocycles. The minimum absolute atomic E-state index is 0.0810. The molecule has 2 aromatic carbocycles. The third kappa shape index (κ3) is 2.98. The van der Waals surface area contributed by atoms with E-state index in [9.17, 15) is 0 Å². The van der Waals surface area contributed by atoms with Gasteiger partial charge in [-0.05, 0) is 23.3 Å². The zero-order valence-corrected chi connectivity index (χ0v) is 11.1. The van der Waals surface area contributed by atoms with E-state index in [4.69, 9.17) is 9.15 Å². The SMILES string of the molecule is c1ccc(C(OCc2ccco2)c2ccccc2)cc1. The van der Waals surface area contributed by atoms with Gasteiger partial charge in [0.25, 0.3) is 0 Å². The van der Waals surface area contributed by atoms with Crippen molar-refractivity contribution in [2.45, 2.75) is 12.7 Å². The normalized spacial score (nSPS) is 10.8. The molecule has 3 aromatic rings. The van der Waals surface area contributed by atoms with Crippen LogP contribution in [0.1, 0.15) is 23.0 Å². The van der Waals surface area contributed by atoms with Gasteiger partial charge in [-0.2, -0.15) is 0 Å². The molecule has 0 radical (unpaired) electrons. The van der Waals surface area contributed by atoms with Crippen molar-refractivity contribution in [2.75, 3.05) is 0 Å². The highest BCUT2D eigenvalue weighted by atomic mass is 16.5. The number of rotatable bonds is 5. The van der Waals surface area contributed by atoms with Crippen LogP contribution in [0.15, 0.2) is 83.5 Å². The van der Waals surface area contributed by atoms with E-state index in [1.807, 2.05) is 48.5 Å². The first kappa shape index (κ1) is 12.7. The second-order valence-corrected chi connectivity index (χ2v) is 4.59. The third-order valence-electron chi connectivity index (χ3n) is 3.18. The molecule has 0 unspecified atom stereocenters. The van der Waals surface area contributed by atoms with Crippen molar-refractivity contribution < 1.29 is 9.15 Å². The Kier molecular flexibility index (Phi) is 3.95. The molecule has 0 aliphatic carbocycles.